The van der Waals surface area contributed by atoms with Gasteiger partial charge in [-0.05, 0) is 17.7 Å². The third-order valence-corrected chi connectivity index (χ3v) is 3.84. The van der Waals surface area contributed by atoms with E-state index in [1.165, 1.54) is 38.3 Å². The predicted octanol–water partition coefficient (Wildman–Crippen LogP) is 2.35. The molecule has 0 aliphatic carbocycles. The van der Waals surface area contributed by atoms with Gasteiger partial charge < -0.3 is 24.4 Å². The first-order chi connectivity index (χ1) is 11.9. The SMILES string of the molecule is COc1cc(O)c2c(c1)O[C@H](c1ccc(O)cc1)[C@@H](OC(C)=O)C2=O. The van der Waals surface area contributed by atoms with Crippen molar-refractivity contribution in [3.63, 3.8) is 0 Å². The van der Waals surface area contributed by atoms with Crippen LogP contribution in [-0.2, 0) is 9.53 Å². The van der Waals surface area contributed by atoms with E-state index in [4.69, 9.17) is 14.2 Å². The number of hydrogen-bond acceptors (Lipinski definition) is 7. The van der Waals surface area contributed by atoms with E-state index in [1.54, 1.807) is 12.1 Å². The van der Waals surface area contributed by atoms with Crippen molar-refractivity contribution >= 4 is 11.8 Å². The van der Waals surface area contributed by atoms with Gasteiger partial charge in [-0.3, -0.25) is 9.59 Å². The fourth-order valence-electron chi connectivity index (χ4n) is 2.71. The van der Waals surface area contributed by atoms with Crippen molar-refractivity contribution < 1.29 is 34.0 Å². The average Bonchev–Trinajstić information content (AvgIpc) is 2.57. The van der Waals surface area contributed by atoms with Gasteiger partial charge in [0.1, 0.15) is 28.6 Å². The lowest BCUT2D eigenvalue weighted by atomic mass is 9.92. The van der Waals surface area contributed by atoms with Gasteiger partial charge in [0.25, 0.3) is 0 Å². The van der Waals surface area contributed by atoms with E-state index in [-0.39, 0.29) is 22.8 Å². The number of Topliss-reactive ketones (excluding diaryl/α,β-unsaturated/α-hetero) is 1. The Labute approximate surface area is 143 Å². The summed E-state index contributed by atoms with van der Waals surface area (Å²) in [5, 5.41) is 19.6. The van der Waals surface area contributed by atoms with Crippen LogP contribution in [0.2, 0.25) is 0 Å². The van der Waals surface area contributed by atoms with E-state index >= 15 is 0 Å². The maximum Gasteiger partial charge on any atom is 0.303 e. The monoisotopic (exact) mass is 344 g/mol. The molecule has 7 heteroatoms. The molecule has 2 atom stereocenters. The molecule has 2 aromatic rings. The number of methoxy groups -OCH3 is 1. The summed E-state index contributed by atoms with van der Waals surface area (Å²) in [6.45, 7) is 1.19. The number of fused-ring (bicyclic) bond motifs is 1. The third-order valence-electron chi connectivity index (χ3n) is 3.84. The fourth-order valence-corrected chi connectivity index (χ4v) is 2.71. The molecular formula is C18H16O7. The summed E-state index contributed by atoms with van der Waals surface area (Å²) in [4.78, 5) is 24.2. The van der Waals surface area contributed by atoms with E-state index in [0.717, 1.165) is 0 Å². The Bertz CT molecular complexity index is 826. The summed E-state index contributed by atoms with van der Waals surface area (Å²) in [6.07, 6.45) is -2.18. The minimum Gasteiger partial charge on any atom is -0.508 e. The zero-order valence-corrected chi connectivity index (χ0v) is 13.6. The Balaban J connectivity index is 2.10. The Hall–Kier alpha value is -3.22. The number of aromatic hydroxyl groups is 2. The van der Waals surface area contributed by atoms with Gasteiger partial charge in [-0.1, -0.05) is 12.1 Å². The topological polar surface area (TPSA) is 102 Å². The molecular weight excluding hydrogens is 328 g/mol. The minimum absolute atomic E-state index is 0.0506. The van der Waals surface area contributed by atoms with E-state index in [0.29, 0.717) is 11.3 Å². The maximum absolute atomic E-state index is 12.8. The number of ketones is 1. The van der Waals surface area contributed by atoms with E-state index in [1.807, 2.05) is 0 Å². The summed E-state index contributed by atoms with van der Waals surface area (Å²) >= 11 is 0. The summed E-state index contributed by atoms with van der Waals surface area (Å²) < 4.78 is 16.1. The van der Waals surface area contributed by atoms with Crippen LogP contribution < -0.4 is 9.47 Å². The zero-order chi connectivity index (χ0) is 18.1. The van der Waals surface area contributed by atoms with Crippen molar-refractivity contribution in [1.29, 1.82) is 0 Å². The first kappa shape index (κ1) is 16.6. The second-order valence-electron chi connectivity index (χ2n) is 5.54. The first-order valence-corrected chi connectivity index (χ1v) is 7.48. The molecule has 3 rings (SSSR count). The largest absolute Gasteiger partial charge is 0.508 e. The number of phenols is 2. The van der Waals surface area contributed by atoms with Crippen LogP contribution in [0.5, 0.6) is 23.0 Å². The zero-order valence-electron chi connectivity index (χ0n) is 13.6. The molecule has 0 aromatic heterocycles. The lowest BCUT2D eigenvalue weighted by molar-refractivity contribution is -0.148. The Morgan fingerprint density at radius 1 is 1.16 bits per heavy atom. The summed E-state index contributed by atoms with van der Waals surface area (Å²) in [5.41, 5.74) is 0.465. The first-order valence-electron chi connectivity index (χ1n) is 7.48. The van der Waals surface area contributed by atoms with Crippen molar-refractivity contribution in [3.05, 3.63) is 47.5 Å². The van der Waals surface area contributed by atoms with Crippen molar-refractivity contribution in [1.82, 2.24) is 0 Å². The molecule has 1 heterocycles. The predicted molar refractivity (Wildman–Crippen MR) is 86.0 cm³/mol. The molecule has 25 heavy (non-hydrogen) atoms. The standard InChI is InChI=1S/C18H16O7/c1-9(19)24-18-16(22)15-13(21)7-12(23-2)8-14(15)25-17(18)10-3-5-11(20)6-4-10/h3-8,17-18,20-21H,1-2H3/t17-,18+/m1/s1. The second-order valence-corrected chi connectivity index (χ2v) is 5.54. The van der Waals surface area contributed by atoms with Crippen LogP contribution in [0.15, 0.2) is 36.4 Å². The molecule has 2 aromatic carbocycles. The Kier molecular flexibility index (Phi) is 4.22. The molecule has 0 fully saturated rings. The van der Waals surface area contributed by atoms with Gasteiger partial charge in [0.05, 0.1) is 7.11 Å². The highest BCUT2D eigenvalue weighted by Crippen LogP contribution is 2.43. The third kappa shape index (κ3) is 3.08. The number of rotatable bonds is 3. The molecule has 0 saturated carbocycles. The van der Waals surface area contributed by atoms with Gasteiger partial charge in [-0.25, -0.2) is 0 Å². The second kappa shape index (κ2) is 6.35. The molecule has 0 unspecified atom stereocenters. The molecule has 0 bridgehead atoms. The number of esters is 1. The number of benzene rings is 2. The quantitative estimate of drug-likeness (QED) is 0.824. The lowest BCUT2D eigenvalue weighted by Gasteiger charge is -2.32. The van der Waals surface area contributed by atoms with Gasteiger partial charge in [0, 0.05) is 19.1 Å². The van der Waals surface area contributed by atoms with Gasteiger partial charge in [0.15, 0.2) is 6.10 Å². The molecule has 0 amide bonds. The molecule has 1 aliphatic rings. The normalized spacial score (nSPS) is 18.9. The van der Waals surface area contributed by atoms with E-state index < -0.39 is 24.0 Å². The van der Waals surface area contributed by atoms with Gasteiger partial charge >= 0.3 is 5.97 Å². The highest BCUT2D eigenvalue weighted by atomic mass is 16.6. The van der Waals surface area contributed by atoms with Gasteiger partial charge in [-0.2, -0.15) is 0 Å². The number of carbonyl (C=O) groups is 2. The maximum atomic E-state index is 12.8. The van der Waals surface area contributed by atoms with Crippen molar-refractivity contribution in [3.8, 4) is 23.0 Å². The molecule has 2 N–H and O–H groups in total. The van der Waals surface area contributed by atoms with Crippen LogP contribution in [-0.4, -0.2) is 35.2 Å². The molecule has 0 radical (unpaired) electrons. The fraction of sp³-hybridized carbons (Fsp3) is 0.222. The number of hydrogen-bond donors (Lipinski definition) is 2. The van der Waals surface area contributed by atoms with Crippen LogP contribution in [0.4, 0.5) is 0 Å². The van der Waals surface area contributed by atoms with Gasteiger partial charge in [0.2, 0.25) is 11.9 Å². The molecule has 0 saturated heterocycles. The van der Waals surface area contributed by atoms with E-state index in [2.05, 4.69) is 0 Å². The Morgan fingerprint density at radius 3 is 2.44 bits per heavy atom. The van der Waals surface area contributed by atoms with Crippen LogP contribution in [0.1, 0.15) is 28.9 Å². The highest BCUT2D eigenvalue weighted by Gasteiger charge is 2.42. The highest BCUT2D eigenvalue weighted by molar-refractivity contribution is 6.06. The van der Waals surface area contributed by atoms with Crippen molar-refractivity contribution in [2.45, 2.75) is 19.1 Å². The lowest BCUT2D eigenvalue weighted by Crippen LogP contribution is -2.39. The van der Waals surface area contributed by atoms with Crippen LogP contribution >= 0.6 is 0 Å². The van der Waals surface area contributed by atoms with Crippen molar-refractivity contribution in [2.75, 3.05) is 7.11 Å². The van der Waals surface area contributed by atoms with E-state index in [9.17, 15) is 19.8 Å². The van der Waals surface area contributed by atoms with Crippen LogP contribution in [0.3, 0.4) is 0 Å². The molecule has 0 spiro atoms. The molecule has 1 aliphatic heterocycles. The Morgan fingerprint density at radius 2 is 1.84 bits per heavy atom. The number of ether oxygens (including phenoxy) is 3. The van der Waals surface area contributed by atoms with Gasteiger partial charge in [-0.15, -0.1) is 0 Å². The summed E-state index contributed by atoms with van der Waals surface area (Å²) in [5.74, 6) is -1.05. The van der Waals surface area contributed by atoms with Crippen LogP contribution in [0.25, 0.3) is 0 Å². The smallest absolute Gasteiger partial charge is 0.303 e. The summed E-state index contributed by atoms with van der Waals surface area (Å²) in [6, 6.07) is 8.76. The van der Waals surface area contributed by atoms with Crippen LogP contribution in [0, 0.1) is 0 Å². The summed E-state index contributed by atoms with van der Waals surface area (Å²) in [7, 11) is 1.42. The number of carbonyl (C=O) groups excluding carboxylic acids is 2. The minimum atomic E-state index is -1.26. The molecule has 7 nitrogen and oxygen atoms in total. The average molecular weight is 344 g/mol. The van der Waals surface area contributed by atoms with Crippen molar-refractivity contribution in [2.24, 2.45) is 0 Å². The molecule has 130 valence electrons. The number of phenolic OH excluding ortho intramolecular Hbond substituents is 2.